The summed E-state index contributed by atoms with van der Waals surface area (Å²) >= 11 is 0. The topological polar surface area (TPSA) is 60.8 Å². The minimum Gasteiger partial charge on any atom is -0.493 e. The Kier molecular flexibility index (Phi) is 7.59. The normalized spacial score (nSPS) is 17.8. The number of fused-ring (bicyclic) bond motifs is 3. The number of nitroso groups, excluding NO2 is 1. The summed E-state index contributed by atoms with van der Waals surface area (Å²) < 4.78 is 68.4. The van der Waals surface area contributed by atoms with E-state index in [4.69, 9.17) is 9.47 Å². The molecule has 0 bridgehead atoms. The molecule has 0 N–H and O–H groups in total. The second-order valence-electron chi connectivity index (χ2n) is 10.9. The lowest BCUT2D eigenvalue weighted by atomic mass is 9.91. The van der Waals surface area contributed by atoms with E-state index >= 15 is 0 Å². The predicted molar refractivity (Wildman–Crippen MR) is 144 cm³/mol. The van der Waals surface area contributed by atoms with Crippen molar-refractivity contribution in [3.05, 3.63) is 81.1 Å². The first-order valence-electron chi connectivity index (χ1n) is 13.7. The highest BCUT2D eigenvalue weighted by atomic mass is 19.4. The molecular formula is C31H32F4N2O3. The Labute approximate surface area is 230 Å². The van der Waals surface area contributed by atoms with Gasteiger partial charge in [0.15, 0.2) is 0 Å². The van der Waals surface area contributed by atoms with E-state index in [0.717, 1.165) is 6.42 Å². The molecule has 5 nitrogen and oxygen atoms in total. The van der Waals surface area contributed by atoms with E-state index in [1.54, 1.807) is 25.3 Å². The Hall–Kier alpha value is -3.49. The molecule has 212 valence electrons. The largest absolute Gasteiger partial charge is 0.493 e. The standard InChI is InChI=1S/C31H32F4N2O3/c1-4-30(5-2,37-38)8-9-39-22-6-7-23(18(3)10-22)25-13-21(28(32)15-27(25)31(33,34)35)17-40-29-14-20-11-19-12-24(19)26(20)16-36-29/h6-7,10,13-16,19,24H,4-5,8-9,11-12,17H2,1-3H3/t19-,24+/m0/s1. The van der Waals surface area contributed by atoms with Gasteiger partial charge in [-0.1, -0.05) is 25.1 Å². The number of hydrogen-bond acceptors (Lipinski definition) is 5. The van der Waals surface area contributed by atoms with E-state index in [1.165, 1.54) is 29.7 Å². The second-order valence-corrected chi connectivity index (χ2v) is 10.9. The number of aromatic nitrogens is 1. The molecule has 1 aromatic heterocycles. The molecule has 9 heteroatoms. The highest BCUT2D eigenvalue weighted by Crippen LogP contribution is 2.56. The third-order valence-corrected chi connectivity index (χ3v) is 8.51. The van der Waals surface area contributed by atoms with Crippen molar-refractivity contribution in [2.24, 2.45) is 11.1 Å². The van der Waals surface area contributed by atoms with Crippen LogP contribution in [0.3, 0.4) is 0 Å². The molecule has 1 heterocycles. The molecule has 3 aromatic rings. The van der Waals surface area contributed by atoms with E-state index in [2.05, 4.69) is 10.2 Å². The van der Waals surface area contributed by atoms with E-state index in [-0.39, 0.29) is 24.3 Å². The van der Waals surface area contributed by atoms with Crippen LogP contribution in [0.5, 0.6) is 11.6 Å². The number of pyridine rings is 1. The zero-order valence-electron chi connectivity index (χ0n) is 22.8. The second kappa shape index (κ2) is 10.8. The molecule has 0 aliphatic heterocycles. The molecule has 0 unspecified atom stereocenters. The SMILES string of the molecule is CCC(CC)(CCOc1ccc(-c2cc(COc3cc4c(cn3)[C@@H]3C[C@@H]3C4)c(F)cc2C(F)(F)F)c(C)c1)N=O. The van der Waals surface area contributed by atoms with E-state index in [0.29, 0.717) is 59.9 Å². The van der Waals surface area contributed by atoms with E-state index < -0.39 is 23.1 Å². The summed E-state index contributed by atoms with van der Waals surface area (Å²) in [7, 11) is 0. The Morgan fingerprint density at radius 1 is 1.05 bits per heavy atom. The van der Waals surface area contributed by atoms with Crippen LogP contribution < -0.4 is 9.47 Å². The molecule has 0 radical (unpaired) electrons. The van der Waals surface area contributed by atoms with Crippen LogP contribution in [0.2, 0.25) is 0 Å². The third kappa shape index (κ3) is 5.56. The molecule has 40 heavy (non-hydrogen) atoms. The Morgan fingerprint density at radius 2 is 1.82 bits per heavy atom. The van der Waals surface area contributed by atoms with Crippen LogP contribution in [0.1, 0.15) is 73.3 Å². The molecular weight excluding hydrogens is 524 g/mol. The molecule has 0 saturated heterocycles. The first-order valence-corrected chi connectivity index (χ1v) is 13.7. The van der Waals surface area contributed by atoms with Gasteiger partial charge in [0, 0.05) is 24.2 Å². The van der Waals surface area contributed by atoms with Crippen LogP contribution in [-0.4, -0.2) is 17.1 Å². The number of nitrogens with zero attached hydrogens (tertiary/aromatic N) is 2. The number of ether oxygens (including phenoxy) is 2. The van der Waals surface area contributed by atoms with Crippen molar-refractivity contribution in [1.82, 2.24) is 4.98 Å². The summed E-state index contributed by atoms with van der Waals surface area (Å²) in [6, 6.07) is 8.34. The first-order chi connectivity index (χ1) is 19.1. The summed E-state index contributed by atoms with van der Waals surface area (Å²) in [5.41, 5.74) is 1.36. The van der Waals surface area contributed by atoms with Crippen LogP contribution >= 0.6 is 0 Å². The fraction of sp³-hybridized carbons (Fsp3) is 0.452. The van der Waals surface area contributed by atoms with Gasteiger partial charge in [0.25, 0.3) is 0 Å². The molecule has 2 aliphatic carbocycles. The van der Waals surface area contributed by atoms with Gasteiger partial charge in [-0.25, -0.2) is 9.37 Å². The highest BCUT2D eigenvalue weighted by molar-refractivity contribution is 5.73. The minimum absolute atomic E-state index is 0.00436. The van der Waals surface area contributed by atoms with Crippen LogP contribution in [0.4, 0.5) is 17.6 Å². The summed E-state index contributed by atoms with van der Waals surface area (Å²) in [6.45, 7) is 5.46. The zero-order valence-corrected chi connectivity index (χ0v) is 22.8. The van der Waals surface area contributed by atoms with Gasteiger partial charge in [-0.05, 0) is 96.5 Å². The summed E-state index contributed by atoms with van der Waals surface area (Å²) in [6.07, 6.45) is 0.821. The smallest absolute Gasteiger partial charge is 0.417 e. The van der Waals surface area contributed by atoms with Gasteiger partial charge in [-0.15, -0.1) is 0 Å². The predicted octanol–water partition coefficient (Wildman–Crippen LogP) is 8.55. The van der Waals surface area contributed by atoms with E-state index in [1.807, 2.05) is 19.9 Å². The molecule has 2 atom stereocenters. The maximum atomic E-state index is 14.9. The zero-order chi connectivity index (χ0) is 28.7. The average molecular weight is 557 g/mol. The number of aryl methyl sites for hydroxylation is 1. The summed E-state index contributed by atoms with van der Waals surface area (Å²) in [5.74, 6) is 1.07. The number of hydrogen-bond donors (Lipinski definition) is 0. The number of benzene rings is 2. The molecule has 2 aliphatic rings. The molecule has 1 saturated carbocycles. The minimum atomic E-state index is -4.76. The van der Waals surface area contributed by atoms with Gasteiger partial charge >= 0.3 is 6.18 Å². The molecule has 0 spiro atoms. The maximum Gasteiger partial charge on any atom is 0.417 e. The van der Waals surface area contributed by atoms with Crippen LogP contribution in [0, 0.1) is 23.6 Å². The van der Waals surface area contributed by atoms with Gasteiger partial charge in [0.05, 0.1) is 12.2 Å². The number of halogens is 4. The van der Waals surface area contributed by atoms with E-state index in [9.17, 15) is 22.5 Å². The highest BCUT2D eigenvalue weighted by Gasteiger charge is 2.45. The molecule has 1 fully saturated rings. The lowest BCUT2D eigenvalue weighted by Crippen LogP contribution is -2.26. The van der Waals surface area contributed by atoms with Gasteiger partial charge in [0.1, 0.15) is 23.7 Å². The third-order valence-electron chi connectivity index (χ3n) is 8.51. The first kappa shape index (κ1) is 28.1. The van der Waals surface area contributed by atoms with Crippen molar-refractivity contribution < 1.29 is 27.0 Å². The van der Waals surface area contributed by atoms with Gasteiger partial charge in [-0.3, -0.25) is 0 Å². The molecule has 0 amide bonds. The summed E-state index contributed by atoms with van der Waals surface area (Å²) in [5, 5.41) is 3.28. The van der Waals surface area contributed by atoms with Crippen molar-refractivity contribution in [3.8, 4) is 22.8 Å². The quantitative estimate of drug-likeness (QED) is 0.175. The Balaban J connectivity index is 1.36. The lowest BCUT2D eigenvalue weighted by Gasteiger charge is -2.23. The maximum absolute atomic E-state index is 14.9. The Morgan fingerprint density at radius 3 is 2.50 bits per heavy atom. The fourth-order valence-electron chi connectivity index (χ4n) is 5.71. The number of alkyl halides is 3. The lowest BCUT2D eigenvalue weighted by molar-refractivity contribution is -0.137. The Bertz CT molecular complexity index is 1420. The van der Waals surface area contributed by atoms with Crippen LogP contribution in [0.25, 0.3) is 11.1 Å². The van der Waals surface area contributed by atoms with Crippen LogP contribution in [0.15, 0.2) is 47.8 Å². The summed E-state index contributed by atoms with van der Waals surface area (Å²) in [4.78, 5) is 15.6. The van der Waals surface area contributed by atoms with Gasteiger partial charge < -0.3 is 9.47 Å². The molecule has 2 aromatic carbocycles. The van der Waals surface area contributed by atoms with Crippen LogP contribution in [-0.2, 0) is 19.2 Å². The number of rotatable bonds is 11. The average Bonchev–Trinajstić information content (AvgIpc) is 3.60. The van der Waals surface area contributed by atoms with Crippen molar-refractivity contribution in [3.63, 3.8) is 0 Å². The fourth-order valence-corrected chi connectivity index (χ4v) is 5.71. The van der Waals surface area contributed by atoms with Crippen molar-refractivity contribution in [1.29, 1.82) is 0 Å². The van der Waals surface area contributed by atoms with Crippen molar-refractivity contribution in [2.45, 2.75) is 77.1 Å². The van der Waals surface area contributed by atoms with Gasteiger partial charge in [0.2, 0.25) is 5.88 Å². The molecule has 5 rings (SSSR count). The van der Waals surface area contributed by atoms with Crippen molar-refractivity contribution in [2.75, 3.05) is 6.61 Å². The van der Waals surface area contributed by atoms with Gasteiger partial charge in [-0.2, -0.15) is 18.1 Å². The monoisotopic (exact) mass is 556 g/mol. The van der Waals surface area contributed by atoms with Crippen molar-refractivity contribution >= 4 is 0 Å².